The Balaban J connectivity index is 1.68. The highest BCUT2D eigenvalue weighted by molar-refractivity contribution is 7.80. The van der Waals surface area contributed by atoms with E-state index in [2.05, 4.69) is 35.6 Å². The summed E-state index contributed by atoms with van der Waals surface area (Å²) in [7, 11) is 0. The van der Waals surface area contributed by atoms with Crippen LogP contribution < -0.4 is 4.90 Å². The molecule has 0 saturated carbocycles. The van der Waals surface area contributed by atoms with E-state index in [9.17, 15) is 5.26 Å². The van der Waals surface area contributed by atoms with Crippen molar-refractivity contribution < 1.29 is 4.74 Å². The van der Waals surface area contributed by atoms with Crippen molar-refractivity contribution in [2.75, 3.05) is 24.6 Å². The number of hydrogen-bond acceptors (Lipinski definition) is 6. The molecule has 0 radical (unpaired) electrons. The lowest BCUT2D eigenvalue weighted by Gasteiger charge is -2.40. The van der Waals surface area contributed by atoms with Crippen LogP contribution in [0.2, 0.25) is 5.02 Å². The van der Waals surface area contributed by atoms with Crippen LogP contribution in [0.3, 0.4) is 0 Å². The van der Waals surface area contributed by atoms with Gasteiger partial charge in [0.05, 0.1) is 40.2 Å². The third kappa shape index (κ3) is 4.25. The number of anilines is 1. The van der Waals surface area contributed by atoms with E-state index >= 15 is 0 Å². The van der Waals surface area contributed by atoms with E-state index in [1.54, 1.807) is 12.3 Å². The number of aromatic nitrogens is 3. The first-order chi connectivity index (χ1) is 14.8. The van der Waals surface area contributed by atoms with Gasteiger partial charge in [-0.15, -0.1) is 12.6 Å². The lowest BCUT2D eigenvalue weighted by atomic mass is 9.81. The van der Waals surface area contributed by atoms with Gasteiger partial charge >= 0.3 is 0 Å². The molecule has 0 N–H and O–H groups in total. The zero-order chi connectivity index (χ0) is 22.2. The lowest BCUT2D eigenvalue weighted by Crippen LogP contribution is -2.41. The molecule has 31 heavy (non-hydrogen) atoms. The summed E-state index contributed by atoms with van der Waals surface area (Å²) in [4.78, 5) is 7.30. The van der Waals surface area contributed by atoms with E-state index in [0.29, 0.717) is 17.2 Å². The maximum absolute atomic E-state index is 9.37. The Labute approximate surface area is 193 Å². The average molecular weight is 456 g/mol. The number of rotatable bonds is 5. The number of nitriles is 1. The monoisotopic (exact) mass is 455 g/mol. The number of halogens is 1. The molecule has 1 aromatic carbocycles. The van der Waals surface area contributed by atoms with Gasteiger partial charge < -0.3 is 9.64 Å². The van der Waals surface area contributed by atoms with Crippen LogP contribution in [0, 0.1) is 23.7 Å². The van der Waals surface area contributed by atoms with Gasteiger partial charge in [0, 0.05) is 18.7 Å². The van der Waals surface area contributed by atoms with Gasteiger partial charge in [-0.3, -0.25) is 0 Å². The largest absolute Gasteiger partial charge is 0.368 e. The second kappa shape index (κ2) is 8.70. The summed E-state index contributed by atoms with van der Waals surface area (Å²) >= 11 is 10.9. The Morgan fingerprint density at radius 2 is 2.06 bits per heavy atom. The minimum atomic E-state index is -0.0514. The Morgan fingerprint density at radius 3 is 2.74 bits per heavy atom. The number of ether oxygens (including phenoxy) is 1. The van der Waals surface area contributed by atoms with Crippen molar-refractivity contribution in [3.63, 3.8) is 0 Å². The number of nitrogens with zero attached hydrogens (tertiary/aromatic N) is 5. The van der Waals surface area contributed by atoms with Crippen LogP contribution in [0.4, 0.5) is 5.82 Å². The predicted molar refractivity (Wildman–Crippen MR) is 127 cm³/mol. The van der Waals surface area contributed by atoms with Crippen molar-refractivity contribution in [3.05, 3.63) is 46.7 Å². The molecule has 1 atom stereocenters. The maximum Gasteiger partial charge on any atom is 0.155 e. The summed E-state index contributed by atoms with van der Waals surface area (Å²) < 4.78 is 7.67. The van der Waals surface area contributed by atoms with Crippen LogP contribution in [-0.2, 0) is 4.74 Å². The molecule has 162 valence electrons. The minimum absolute atomic E-state index is 0.0514. The molecule has 0 aliphatic carbocycles. The number of fused-ring (bicyclic) bond motifs is 1. The van der Waals surface area contributed by atoms with Crippen molar-refractivity contribution in [2.45, 2.75) is 39.0 Å². The molecule has 6 nitrogen and oxygen atoms in total. The third-order valence-corrected chi connectivity index (χ3v) is 6.57. The van der Waals surface area contributed by atoms with Gasteiger partial charge in [-0.2, -0.15) is 10.4 Å². The van der Waals surface area contributed by atoms with Crippen LogP contribution in [0.15, 0.2) is 30.5 Å². The molecule has 4 rings (SSSR count). The van der Waals surface area contributed by atoms with Crippen molar-refractivity contribution in [3.8, 4) is 17.3 Å². The van der Waals surface area contributed by atoms with Crippen molar-refractivity contribution >= 4 is 35.6 Å². The Bertz CT molecular complexity index is 1140. The fourth-order valence-corrected chi connectivity index (χ4v) is 4.47. The predicted octanol–water partition coefficient (Wildman–Crippen LogP) is 5.13. The smallest absolute Gasteiger partial charge is 0.155 e. The van der Waals surface area contributed by atoms with Gasteiger partial charge in [0.15, 0.2) is 5.82 Å². The number of benzene rings is 1. The highest BCUT2D eigenvalue weighted by Gasteiger charge is 2.32. The van der Waals surface area contributed by atoms with Gasteiger partial charge in [-0.05, 0) is 44.2 Å². The summed E-state index contributed by atoms with van der Waals surface area (Å²) in [5, 5.41) is 14.4. The van der Waals surface area contributed by atoms with Gasteiger partial charge in [-0.25, -0.2) is 9.50 Å². The van der Waals surface area contributed by atoms with Gasteiger partial charge in [0.1, 0.15) is 11.6 Å². The van der Waals surface area contributed by atoms with Crippen molar-refractivity contribution in [1.82, 2.24) is 14.6 Å². The first-order valence-electron chi connectivity index (χ1n) is 10.4. The van der Waals surface area contributed by atoms with Crippen molar-refractivity contribution in [1.29, 1.82) is 5.26 Å². The van der Waals surface area contributed by atoms with Gasteiger partial charge in [0.2, 0.25) is 0 Å². The molecule has 2 aromatic heterocycles. The first kappa shape index (κ1) is 21.9. The van der Waals surface area contributed by atoms with Crippen LogP contribution in [0.1, 0.15) is 37.9 Å². The number of hydrogen-bond donors (Lipinski definition) is 1. The highest BCUT2D eigenvalue weighted by Crippen LogP contribution is 2.37. The summed E-state index contributed by atoms with van der Waals surface area (Å²) in [6, 6.07) is 9.58. The van der Waals surface area contributed by atoms with E-state index in [0.717, 1.165) is 54.2 Å². The van der Waals surface area contributed by atoms with E-state index in [1.807, 2.05) is 36.6 Å². The van der Waals surface area contributed by atoms with Crippen LogP contribution in [0.25, 0.3) is 16.8 Å². The number of thiol groups is 1. The standard InChI is InChI=1S/C23H26ClN5OS/c1-15-21(18-6-4-5-17(13-25)20(18)24)29-19(7-10-26-29)22(27-15)28-11-8-23(3,9-12-28)14-30-16(2)31/h4-7,10,16,31H,8-9,11-12,14H2,1-3H3/t16-/m1/s1. The summed E-state index contributed by atoms with van der Waals surface area (Å²) in [6.45, 7) is 8.71. The molecule has 0 bridgehead atoms. The number of aryl methyl sites for hydroxylation is 1. The van der Waals surface area contributed by atoms with E-state index in [-0.39, 0.29) is 10.9 Å². The molecule has 0 unspecified atom stereocenters. The molecule has 1 saturated heterocycles. The molecule has 3 aromatic rings. The molecule has 3 heterocycles. The van der Waals surface area contributed by atoms with Crippen LogP contribution in [-0.4, -0.2) is 39.7 Å². The molecule has 1 fully saturated rings. The SMILES string of the molecule is Cc1nc(N2CCC(C)(CO[C@@H](C)S)CC2)c2ccnn2c1-c1cccc(C#N)c1Cl. The summed E-state index contributed by atoms with van der Waals surface area (Å²) in [5.41, 5.74) is 3.86. The van der Waals surface area contributed by atoms with Crippen molar-refractivity contribution in [2.24, 2.45) is 5.41 Å². The molecular formula is C23H26ClN5OS. The Hall–Kier alpha value is -2.27. The summed E-state index contributed by atoms with van der Waals surface area (Å²) in [5.74, 6) is 0.928. The second-order valence-corrected chi connectivity index (χ2v) is 9.59. The highest BCUT2D eigenvalue weighted by atomic mass is 35.5. The quantitative estimate of drug-likeness (QED) is 0.426. The third-order valence-electron chi connectivity index (χ3n) is 6.02. The molecular weight excluding hydrogens is 430 g/mol. The Morgan fingerprint density at radius 1 is 1.32 bits per heavy atom. The zero-order valence-electron chi connectivity index (χ0n) is 18.0. The molecule has 1 aliphatic rings. The topological polar surface area (TPSA) is 66.4 Å². The zero-order valence-corrected chi connectivity index (χ0v) is 19.6. The average Bonchev–Trinajstić information content (AvgIpc) is 3.23. The minimum Gasteiger partial charge on any atom is -0.368 e. The molecule has 8 heteroatoms. The molecule has 0 spiro atoms. The fourth-order valence-electron chi connectivity index (χ4n) is 4.14. The van der Waals surface area contributed by atoms with Crippen LogP contribution in [0.5, 0.6) is 0 Å². The van der Waals surface area contributed by atoms with Crippen LogP contribution >= 0.6 is 24.2 Å². The van der Waals surface area contributed by atoms with E-state index < -0.39 is 0 Å². The first-order valence-corrected chi connectivity index (χ1v) is 11.3. The maximum atomic E-state index is 9.37. The summed E-state index contributed by atoms with van der Waals surface area (Å²) in [6.07, 6.45) is 3.82. The molecule has 0 amide bonds. The Kier molecular flexibility index (Phi) is 6.16. The van der Waals surface area contributed by atoms with Gasteiger partial charge in [0.25, 0.3) is 0 Å². The second-order valence-electron chi connectivity index (χ2n) is 8.48. The van der Waals surface area contributed by atoms with Gasteiger partial charge in [-0.1, -0.05) is 30.7 Å². The van der Waals surface area contributed by atoms with E-state index in [1.165, 1.54) is 0 Å². The fraction of sp³-hybridized carbons (Fsp3) is 0.435. The lowest BCUT2D eigenvalue weighted by molar-refractivity contribution is 0.0326. The normalized spacial score (nSPS) is 17.0. The van der Waals surface area contributed by atoms with E-state index in [4.69, 9.17) is 21.3 Å². The number of piperidine rings is 1. The molecule has 1 aliphatic heterocycles.